The van der Waals surface area contributed by atoms with Gasteiger partial charge in [0, 0.05) is 25.8 Å². The molecule has 2 nitrogen and oxygen atoms in total. The lowest BCUT2D eigenvalue weighted by Gasteiger charge is -2.22. The van der Waals surface area contributed by atoms with Crippen LogP contribution in [0.1, 0.15) is 31.4 Å². The monoisotopic (exact) mass is 245 g/mol. The van der Waals surface area contributed by atoms with Crippen molar-refractivity contribution in [3.05, 3.63) is 48.0 Å². The Kier molecular flexibility index (Phi) is 4.97. The minimum atomic E-state index is 0.412. The van der Waals surface area contributed by atoms with Crippen LogP contribution in [0.4, 0.5) is 0 Å². The fourth-order valence-corrected chi connectivity index (χ4v) is 2.42. The number of rotatable bonds is 6. The highest BCUT2D eigenvalue weighted by atomic mass is 16.5. The third kappa shape index (κ3) is 3.97. The molecule has 1 fully saturated rings. The average Bonchev–Trinajstić information content (AvgIpc) is 2.88. The molecule has 2 rings (SSSR count). The van der Waals surface area contributed by atoms with Crippen LogP contribution >= 0.6 is 0 Å². The van der Waals surface area contributed by atoms with Crippen LogP contribution in [0, 0.1) is 5.92 Å². The van der Waals surface area contributed by atoms with Crippen molar-refractivity contribution in [2.45, 2.75) is 25.8 Å². The number of hydrogen-bond acceptors (Lipinski definition) is 2. The molecule has 2 heteroatoms. The van der Waals surface area contributed by atoms with E-state index in [0.29, 0.717) is 12.0 Å². The first-order chi connectivity index (χ1) is 8.75. The normalized spacial score (nSPS) is 20.8. The van der Waals surface area contributed by atoms with E-state index in [1.54, 1.807) is 0 Å². The van der Waals surface area contributed by atoms with Gasteiger partial charge in [-0.1, -0.05) is 42.5 Å². The van der Waals surface area contributed by atoms with E-state index in [2.05, 4.69) is 49.2 Å². The van der Waals surface area contributed by atoms with Crippen molar-refractivity contribution in [1.29, 1.82) is 0 Å². The van der Waals surface area contributed by atoms with Crippen LogP contribution in [0.15, 0.2) is 42.5 Å². The predicted molar refractivity (Wildman–Crippen MR) is 75.5 cm³/mol. The molecule has 0 unspecified atom stereocenters. The number of nitrogens with one attached hydrogen (secondary N) is 1. The molecule has 1 aromatic carbocycles. The predicted octanol–water partition coefficient (Wildman–Crippen LogP) is 3.32. The van der Waals surface area contributed by atoms with Gasteiger partial charge in [-0.3, -0.25) is 0 Å². The summed E-state index contributed by atoms with van der Waals surface area (Å²) in [7, 11) is 0. The first-order valence-corrected chi connectivity index (χ1v) is 6.76. The Balaban J connectivity index is 1.99. The molecule has 0 spiro atoms. The first-order valence-electron chi connectivity index (χ1n) is 6.76. The summed E-state index contributed by atoms with van der Waals surface area (Å²) in [5.74, 6) is 0.688. The number of hydrogen-bond donors (Lipinski definition) is 1. The van der Waals surface area contributed by atoms with E-state index >= 15 is 0 Å². The highest BCUT2D eigenvalue weighted by Crippen LogP contribution is 2.26. The Hall–Kier alpha value is -1.12. The minimum absolute atomic E-state index is 0.412. The zero-order valence-electron chi connectivity index (χ0n) is 11.2. The van der Waals surface area contributed by atoms with Gasteiger partial charge in [-0.15, -0.1) is 0 Å². The van der Waals surface area contributed by atoms with E-state index in [1.807, 2.05) is 0 Å². The third-order valence-electron chi connectivity index (χ3n) is 3.45. The molecular formula is C16H23NO. The zero-order chi connectivity index (χ0) is 12.8. The molecule has 0 aliphatic carbocycles. The molecule has 1 aliphatic rings. The molecule has 0 amide bonds. The molecule has 0 radical (unpaired) electrons. The van der Waals surface area contributed by atoms with Crippen LogP contribution < -0.4 is 5.32 Å². The first kappa shape index (κ1) is 13.3. The quantitative estimate of drug-likeness (QED) is 0.776. The maximum atomic E-state index is 5.47. The van der Waals surface area contributed by atoms with Crippen molar-refractivity contribution in [1.82, 2.24) is 5.32 Å². The highest BCUT2D eigenvalue weighted by Gasteiger charge is 2.21. The van der Waals surface area contributed by atoms with Gasteiger partial charge >= 0.3 is 0 Å². The van der Waals surface area contributed by atoms with Gasteiger partial charge in [0.1, 0.15) is 0 Å². The average molecular weight is 245 g/mol. The SMILES string of the molecule is C=C(C)CN[C@@H](C[C@H]1CCOC1)c1ccccc1. The topological polar surface area (TPSA) is 21.3 Å². The zero-order valence-corrected chi connectivity index (χ0v) is 11.2. The summed E-state index contributed by atoms with van der Waals surface area (Å²) in [6, 6.07) is 11.1. The van der Waals surface area contributed by atoms with Gasteiger partial charge in [-0.05, 0) is 31.2 Å². The molecule has 1 aliphatic heterocycles. The Labute approximate surface area is 110 Å². The fourth-order valence-electron chi connectivity index (χ4n) is 2.42. The van der Waals surface area contributed by atoms with Crippen molar-refractivity contribution < 1.29 is 4.74 Å². The summed E-state index contributed by atoms with van der Waals surface area (Å²) < 4.78 is 5.47. The summed E-state index contributed by atoms with van der Waals surface area (Å²) in [5.41, 5.74) is 2.55. The minimum Gasteiger partial charge on any atom is -0.381 e. The lowest BCUT2D eigenvalue weighted by Crippen LogP contribution is -2.25. The lowest BCUT2D eigenvalue weighted by atomic mass is 9.94. The van der Waals surface area contributed by atoms with Crippen LogP contribution in [0.2, 0.25) is 0 Å². The lowest BCUT2D eigenvalue weighted by molar-refractivity contribution is 0.181. The Morgan fingerprint density at radius 2 is 2.22 bits per heavy atom. The molecule has 2 atom stereocenters. The van der Waals surface area contributed by atoms with Crippen molar-refractivity contribution in [3.63, 3.8) is 0 Å². The molecule has 18 heavy (non-hydrogen) atoms. The summed E-state index contributed by atoms with van der Waals surface area (Å²) in [6.07, 6.45) is 2.34. The van der Waals surface area contributed by atoms with Crippen molar-refractivity contribution in [2.75, 3.05) is 19.8 Å². The van der Waals surface area contributed by atoms with Crippen LogP contribution in [-0.4, -0.2) is 19.8 Å². The maximum absolute atomic E-state index is 5.47. The third-order valence-corrected chi connectivity index (χ3v) is 3.45. The van der Waals surface area contributed by atoms with Crippen molar-refractivity contribution in [2.24, 2.45) is 5.92 Å². The van der Waals surface area contributed by atoms with E-state index in [1.165, 1.54) is 17.6 Å². The second-order valence-corrected chi connectivity index (χ2v) is 5.27. The number of ether oxygens (including phenoxy) is 1. The van der Waals surface area contributed by atoms with Crippen LogP contribution in [0.25, 0.3) is 0 Å². The summed E-state index contributed by atoms with van der Waals surface area (Å²) in [6.45, 7) is 8.75. The Morgan fingerprint density at radius 3 is 2.83 bits per heavy atom. The second kappa shape index (κ2) is 6.72. The van der Waals surface area contributed by atoms with Crippen molar-refractivity contribution in [3.8, 4) is 0 Å². The smallest absolute Gasteiger partial charge is 0.0495 e. The molecule has 1 N–H and O–H groups in total. The van der Waals surface area contributed by atoms with E-state index in [0.717, 1.165) is 26.2 Å². The summed E-state index contributed by atoms with van der Waals surface area (Å²) in [4.78, 5) is 0. The number of benzene rings is 1. The summed E-state index contributed by atoms with van der Waals surface area (Å²) >= 11 is 0. The van der Waals surface area contributed by atoms with Crippen molar-refractivity contribution >= 4 is 0 Å². The van der Waals surface area contributed by atoms with E-state index in [4.69, 9.17) is 4.74 Å². The highest BCUT2D eigenvalue weighted by molar-refractivity contribution is 5.19. The van der Waals surface area contributed by atoms with Crippen LogP contribution in [0.3, 0.4) is 0 Å². The van der Waals surface area contributed by atoms with E-state index in [9.17, 15) is 0 Å². The molecule has 0 aromatic heterocycles. The van der Waals surface area contributed by atoms with E-state index in [-0.39, 0.29) is 0 Å². The molecule has 1 aromatic rings. The molecule has 1 heterocycles. The van der Waals surface area contributed by atoms with Gasteiger partial charge in [0.25, 0.3) is 0 Å². The van der Waals surface area contributed by atoms with Gasteiger partial charge in [-0.2, -0.15) is 0 Å². The Morgan fingerprint density at radius 1 is 1.44 bits per heavy atom. The molecule has 0 bridgehead atoms. The molecule has 98 valence electrons. The maximum Gasteiger partial charge on any atom is 0.0495 e. The molecule has 0 saturated carbocycles. The standard InChI is InChI=1S/C16H23NO/c1-13(2)11-17-16(10-14-8-9-18-12-14)15-6-4-3-5-7-15/h3-7,14,16-17H,1,8-12H2,2H3/t14-,16+/m1/s1. The van der Waals surface area contributed by atoms with Gasteiger partial charge in [0.15, 0.2) is 0 Å². The van der Waals surface area contributed by atoms with Crippen LogP contribution in [-0.2, 0) is 4.74 Å². The summed E-state index contributed by atoms with van der Waals surface area (Å²) in [5, 5.41) is 3.61. The van der Waals surface area contributed by atoms with Gasteiger partial charge in [-0.25, -0.2) is 0 Å². The molecule has 1 saturated heterocycles. The van der Waals surface area contributed by atoms with E-state index < -0.39 is 0 Å². The Bertz CT molecular complexity index is 368. The largest absolute Gasteiger partial charge is 0.381 e. The molecular weight excluding hydrogens is 222 g/mol. The van der Waals surface area contributed by atoms with Crippen LogP contribution in [0.5, 0.6) is 0 Å². The second-order valence-electron chi connectivity index (χ2n) is 5.27. The fraction of sp³-hybridized carbons (Fsp3) is 0.500. The van der Waals surface area contributed by atoms with Gasteiger partial charge in [0.2, 0.25) is 0 Å². The van der Waals surface area contributed by atoms with Gasteiger partial charge in [0.05, 0.1) is 0 Å². The van der Waals surface area contributed by atoms with Gasteiger partial charge < -0.3 is 10.1 Å².